The van der Waals surface area contributed by atoms with Crippen LogP contribution in [-0.2, 0) is 11.2 Å². The number of carbonyl (C=O) groups is 1. The Morgan fingerprint density at radius 1 is 1.25 bits per heavy atom. The minimum Gasteiger partial charge on any atom is -0.496 e. The zero-order chi connectivity index (χ0) is 12.1. The van der Waals surface area contributed by atoms with Crippen LogP contribution in [0, 0.1) is 13.8 Å². The maximum atomic E-state index is 10.8. The molecule has 0 N–H and O–H groups in total. The second-order valence-electron chi connectivity index (χ2n) is 4.32. The lowest BCUT2D eigenvalue weighted by Crippen LogP contribution is -1.96. The van der Waals surface area contributed by atoms with Crippen molar-refractivity contribution in [3.63, 3.8) is 0 Å². The number of aryl methyl sites for hydroxylation is 3. The van der Waals surface area contributed by atoms with E-state index in [0.717, 1.165) is 18.6 Å². The number of methoxy groups -OCH3 is 1. The van der Waals surface area contributed by atoms with Crippen molar-refractivity contribution in [1.82, 2.24) is 0 Å². The van der Waals surface area contributed by atoms with Crippen LogP contribution in [0.4, 0.5) is 0 Å². The monoisotopic (exact) mass is 220 g/mol. The van der Waals surface area contributed by atoms with E-state index in [4.69, 9.17) is 4.74 Å². The zero-order valence-corrected chi connectivity index (χ0v) is 10.6. The van der Waals surface area contributed by atoms with Gasteiger partial charge in [-0.2, -0.15) is 0 Å². The van der Waals surface area contributed by atoms with Gasteiger partial charge < -0.3 is 9.53 Å². The van der Waals surface area contributed by atoms with Crippen molar-refractivity contribution in [1.29, 1.82) is 0 Å². The molecule has 1 rings (SSSR count). The molecule has 1 aromatic rings. The largest absolute Gasteiger partial charge is 0.496 e. The molecule has 0 aliphatic carbocycles. The third kappa shape index (κ3) is 3.37. The molecule has 0 amide bonds. The highest BCUT2D eigenvalue weighted by Crippen LogP contribution is 2.24. The van der Waals surface area contributed by atoms with E-state index in [-0.39, 0.29) is 5.78 Å². The minimum absolute atomic E-state index is 0.266. The summed E-state index contributed by atoms with van der Waals surface area (Å²) >= 11 is 0. The Hall–Kier alpha value is -1.31. The first-order valence-corrected chi connectivity index (χ1v) is 5.68. The summed E-state index contributed by atoms with van der Waals surface area (Å²) in [6, 6.07) is 4.29. The van der Waals surface area contributed by atoms with Gasteiger partial charge >= 0.3 is 0 Å². The number of Topliss-reactive ketones (excluding diaryl/α,β-unsaturated/α-hetero) is 1. The van der Waals surface area contributed by atoms with Gasteiger partial charge in [0.1, 0.15) is 11.5 Å². The molecule has 0 unspecified atom stereocenters. The summed E-state index contributed by atoms with van der Waals surface area (Å²) in [5.74, 6) is 1.23. The van der Waals surface area contributed by atoms with E-state index in [9.17, 15) is 4.79 Å². The van der Waals surface area contributed by atoms with Gasteiger partial charge in [-0.25, -0.2) is 0 Å². The molecule has 0 radical (unpaired) electrons. The molecule has 0 spiro atoms. The van der Waals surface area contributed by atoms with Crippen molar-refractivity contribution >= 4 is 5.78 Å². The molecule has 0 aliphatic heterocycles. The Labute approximate surface area is 97.6 Å². The molecule has 0 aromatic heterocycles. The summed E-state index contributed by atoms with van der Waals surface area (Å²) in [5.41, 5.74) is 3.62. The maximum Gasteiger partial charge on any atom is 0.129 e. The minimum atomic E-state index is 0.266. The Morgan fingerprint density at radius 3 is 2.25 bits per heavy atom. The fourth-order valence-corrected chi connectivity index (χ4v) is 2.05. The Morgan fingerprint density at radius 2 is 1.81 bits per heavy atom. The van der Waals surface area contributed by atoms with Crippen LogP contribution in [0.15, 0.2) is 12.1 Å². The number of rotatable bonds is 5. The molecular formula is C14H20O2. The van der Waals surface area contributed by atoms with Crippen molar-refractivity contribution in [2.45, 2.75) is 40.0 Å². The topological polar surface area (TPSA) is 26.3 Å². The second-order valence-corrected chi connectivity index (χ2v) is 4.32. The van der Waals surface area contributed by atoms with Gasteiger partial charge in [0.05, 0.1) is 7.11 Å². The van der Waals surface area contributed by atoms with E-state index >= 15 is 0 Å². The van der Waals surface area contributed by atoms with Gasteiger partial charge in [-0.05, 0) is 50.3 Å². The fraction of sp³-hybridized carbons (Fsp3) is 0.500. The summed E-state index contributed by atoms with van der Waals surface area (Å²) in [5, 5.41) is 0. The van der Waals surface area contributed by atoms with Crippen molar-refractivity contribution in [2.75, 3.05) is 7.11 Å². The quantitative estimate of drug-likeness (QED) is 0.761. The lowest BCUT2D eigenvalue weighted by molar-refractivity contribution is -0.117. The molecule has 1 aromatic carbocycles. The Kier molecular flexibility index (Phi) is 4.53. The molecule has 16 heavy (non-hydrogen) atoms. The first-order valence-electron chi connectivity index (χ1n) is 5.68. The van der Waals surface area contributed by atoms with Crippen molar-refractivity contribution in [3.8, 4) is 5.75 Å². The third-order valence-corrected chi connectivity index (χ3v) is 2.72. The van der Waals surface area contributed by atoms with Crippen LogP contribution in [0.1, 0.15) is 36.5 Å². The van der Waals surface area contributed by atoms with E-state index in [0.29, 0.717) is 6.42 Å². The van der Waals surface area contributed by atoms with Crippen molar-refractivity contribution in [2.24, 2.45) is 0 Å². The lowest BCUT2D eigenvalue weighted by atomic mass is 10.0. The summed E-state index contributed by atoms with van der Waals surface area (Å²) in [6.07, 6.45) is 2.57. The molecule has 88 valence electrons. The van der Waals surface area contributed by atoms with E-state index < -0.39 is 0 Å². The molecule has 0 saturated heterocycles. The third-order valence-electron chi connectivity index (χ3n) is 2.72. The second kappa shape index (κ2) is 5.69. The summed E-state index contributed by atoms with van der Waals surface area (Å²) in [4.78, 5) is 10.8. The van der Waals surface area contributed by atoms with Gasteiger partial charge in [-0.1, -0.05) is 12.1 Å². The maximum absolute atomic E-state index is 10.8. The Bertz CT molecular complexity index is 357. The van der Waals surface area contributed by atoms with E-state index in [1.807, 2.05) is 0 Å². The van der Waals surface area contributed by atoms with E-state index in [2.05, 4.69) is 26.0 Å². The van der Waals surface area contributed by atoms with Gasteiger partial charge in [-0.3, -0.25) is 0 Å². The van der Waals surface area contributed by atoms with Crippen LogP contribution in [-0.4, -0.2) is 12.9 Å². The highest BCUT2D eigenvalue weighted by Gasteiger charge is 2.05. The fourth-order valence-electron chi connectivity index (χ4n) is 2.05. The number of carbonyl (C=O) groups excluding carboxylic acids is 1. The van der Waals surface area contributed by atoms with Crippen LogP contribution in [0.25, 0.3) is 0 Å². The van der Waals surface area contributed by atoms with Crippen LogP contribution < -0.4 is 4.74 Å². The zero-order valence-electron chi connectivity index (χ0n) is 10.6. The normalized spacial score (nSPS) is 10.2. The van der Waals surface area contributed by atoms with Gasteiger partial charge in [0.2, 0.25) is 0 Å². The van der Waals surface area contributed by atoms with Gasteiger partial charge in [-0.15, -0.1) is 0 Å². The highest BCUT2D eigenvalue weighted by molar-refractivity contribution is 5.75. The van der Waals surface area contributed by atoms with Crippen LogP contribution in [0.5, 0.6) is 5.75 Å². The predicted molar refractivity (Wildman–Crippen MR) is 66.1 cm³/mol. The number of hydrogen-bond donors (Lipinski definition) is 0. The smallest absolute Gasteiger partial charge is 0.129 e. The molecular weight excluding hydrogens is 200 g/mol. The first-order chi connectivity index (χ1) is 7.54. The molecule has 0 heterocycles. The van der Waals surface area contributed by atoms with Crippen molar-refractivity contribution < 1.29 is 9.53 Å². The molecule has 0 saturated carbocycles. The predicted octanol–water partition coefficient (Wildman–Crippen LogP) is 3.22. The number of ether oxygens (including phenoxy) is 1. The molecule has 0 bridgehead atoms. The van der Waals surface area contributed by atoms with E-state index in [1.165, 1.54) is 16.7 Å². The van der Waals surface area contributed by atoms with Gasteiger partial charge in [0.15, 0.2) is 0 Å². The highest BCUT2D eigenvalue weighted by atomic mass is 16.5. The summed E-state index contributed by atoms with van der Waals surface area (Å²) in [6.45, 7) is 5.76. The average molecular weight is 220 g/mol. The summed E-state index contributed by atoms with van der Waals surface area (Å²) in [7, 11) is 1.70. The van der Waals surface area contributed by atoms with Gasteiger partial charge in [0.25, 0.3) is 0 Å². The number of benzene rings is 1. The SMILES string of the molecule is COc1c(C)cc(CCCC(C)=O)cc1C. The van der Waals surface area contributed by atoms with Crippen LogP contribution in [0.3, 0.4) is 0 Å². The van der Waals surface area contributed by atoms with Crippen LogP contribution in [0.2, 0.25) is 0 Å². The molecule has 2 nitrogen and oxygen atoms in total. The average Bonchev–Trinajstić information content (AvgIpc) is 2.16. The Balaban J connectivity index is 2.72. The summed E-state index contributed by atoms with van der Waals surface area (Å²) < 4.78 is 5.32. The first kappa shape index (κ1) is 12.8. The number of hydrogen-bond acceptors (Lipinski definition) is 2. The number of ketones is 1. The molecule has 0 aliphatic rings. The van der Waals surface area contributed by atoms with Crippen LogP contribution >= 0.6 is 0 Å². The molecule has 2 heteroatoms. The van der Waals surface area contributed by atoms with Gasteiger partial charge in [0, 0.05) is 6.42 Å². The molecule has 0 atom stereocenters. The van der Waals surface area contributed by atoms with E-state index in [1.54, 1.807) is 14.0 Å². The standard InChI is InChI=1S/C14H20O2/c1-10-8-13(7-5-6-12(3)15)9-11(2)14(10)16-4/h8-9H,5-7H2,1-4H3. The lowest BCUT2D eigenvalue weighted by Gasteiger charge is -2.11. The van der Waals surface area contributed by atoms with Crippen molar-refractivity contribution in [3.05, 3.63) is 28.8 Å². The molecule has 0 fully saturated rings.